The summed E-state index contributed by atoms with van der Waals surface area (Å²) in [4.78, 5) is 26.3. The highest BCUT2D eigenvalue weighted by Gasteiger charge is 2.30. The number of aromatic nitrogens is 2. The standard InChI is InChI=1S/C38H44F3N5O2/c1-26(21-33-23-43-36(48-2)24-42-33)28-5-3-6-29(12-11-28)30-13-16-34-31(22-30)7-4-8-35(44-34)37(47)46-19-17-45(18-20-46)25-27-9-14-32(15-10-27)38(39,40)41/h4,9-10,13-16,22-24,26,28-29,44H,3,5-7,11-12,17-21,25H2,1-2H3. The lowest BCUT2D eigenvalue weighted by molar-refractivity contribution is -0.137. The Morgan fingerprint density at radius 1 is 1.02 bits per heavy atom. The Kier molecular flexibility index (Phi) is 10.5. The van der Waals surface area contributed by atoms with Crippen molar-refractivity contribution in [3.8, 4) is 5.88 Å². The number of piperazine rings is 1. The van der Waals surface area contributed by atoms with Gasteiger partial charge in [0.2, 0.25) is 5.88 Å². The molecule has 0 bridgehead atoms. The van der Waals surface area contributed by atoms with Crippen molar-refractivity contribution in [2.24, 2.45) is 11.8 Å². The summed E-state index contributed by atoms with van der Waals surface area (Å²) in [7, 11) is 1.60. The summed E-state index contributed by atoms with van der Waals surface area (Å²) in [5.41, 5.74) is 8.36. The van der Waals surface area contributed by atoms with Gasteiger partial charge in [0.15, 0.2) is 0 Å². The fourth-order valence-electron chi connectivity index (χ4n) is 7.31. The van der Waals surface area contributed by atoms with E-state index >= 15 is 0 Å². The molecule has 1 N–H and O–H groups in total. The smallest absolute Gasteiger partial charge is 0.416 e. The van der Waals surface area contributed by atoms with Gasteiger partial charge in [-0.15, -0.1) is 0 Å². The number of alkyl halides is 3. The molecule has 1 aromatic heterocycles. The number of amides is 1. The second kappa shape index (κ2) is 15.0. The normalized spacial score (nSPS) is 20.9. The van der Waals surface area contributed by atoms with Crippen molar-refractivity contribution in [2.75, 3.05) is 38.6 Å². The van der Waals surface area contributed by atoms with Gasteiger partial charge in [-0.3, -0.25) is 14.7 Å². The predicted octanol–water partition coefficient (Wildman–Crippen LogP) is 7.40. The minimum Gasteiger partial charge on any atom is -0.480 e. The number of halogens is 3. The molecule has 1 saturated carbocycles. The molecule has 3 aliphatic rings. The molecule has 2 aromatic carbocycles. The van der Waals surface area contributed by atoms with Crippen LogP contribution >= 0.6 is 0 Å². The zero-order chi connectivity index (χ0) is 33.7. The molecule has 3 atom stereocenters. The molecular formula is C38H44F3N5O2. The topological polar surface area (TPSA) is 70.6 Å². The first-order chi connectivity index (χ1) is 23.2. The van der Waals surface area contributed by atoms with Gasteiger partial charge in [-0.05, 0) is 84.4 Å². The van der Waals surface area contributed by atoms with Crippen LogP contribution in [0.15, 0.2) is 72.4 Å². The highest BCUT2D eigenvalue weighted by Crippen LogP contribution is 2.39. The Morgan fingerprint density at radius 2 is 1.81 bits per heavy atom. The Balaban J connectivity index is 1.00. The third-order valence-corrected chi connectivity index (χ3v) is 10.2. The number of carbonyl (C=O) groups excluding carboxylic acids is 1. The SMILES string of the molecule is COc1cnc(CC(C)C2CCCC(c3ccc4c(c3)CC=C=C(C(=O)N3CCN(Cc5ccc(C(F)(F)F)cc5)CC3)N4)CC2)cn1. The van der Waals surface area contributed by atoms with Crippen molar-refractivity contribution in [1.29, 1.82) is 0 Å². The Bertz CT molecular complexity index is 1630. The number of hydrogen-bond acceptors (Lipinski definition) is 6. The maximum atomic E-state index is 13.5. The van der Waals surface area contributed by atoms with Crippen LogP contribution in [0.3, 0.4) is 0 Å². The summed E-state index contributed by atoms with van der Waals surface area (Å²) in [5.74, 6) is 2.18. The van der Waals surface area contributed by atoms with Crippen molar-refractivity contribution < 1.29 is 22.7 Å². The molecule has 2 fully saturated rings. The van der Waals surface area contributed by atoms with Gasteiger partial charge in [0.05, 0.1) is 30.8 Å². The number of hydrogen-bond donors (Lipinski definition) is 1. The van der Waals surface area contributed by atoms with Crippen LogP contribution in [0.4, 0.5) is 18.9 Å². The fraction of sp³-hybridized carbons (Fsp3) is 0.474. The second-order valence-electron chi connectivity index (χ2n) is 13.4. The van der Waals surface area contributed by atoms with Crippen LogP contribution < -0.4 is 10.1 Å². The first-order valence-electron chi connectivity index (χ1n) is 17.0. The molecule has 7 nitrogen and oxygen atoms in total. The van der Waals surface area contributed by atoms with Crippen LogP contribution in [0, 0.1) is 11.8 Å². The van der Waals surface area contributed by atoms with Crippen molar-refractivity contribution in [1.82, 2.24) is 19.8 Å². The largest absolute Gasteiger partial charge is 0.480 e. The number of benzene rings is 2. The highest BCUT2D eigenvalue weighted by atomic mass is 19.4. The highest BCUT2D eigenvalue weighted by molar-refractivity contribution is 5.96. The molecule has 48 heavy (non-hydrogen) atoms. The number of methoxy groups -OCH3 is 1. The minimum absolute atomic E-state index is 0.0816. The number of carbonyl (C=O) groups is 1. The number of nitrogens with zero attached hydrogens (tertiary/aromatic N) is 4. The van der Waals surface area contributed by atoms with E-state index in [1.807, 2.05) is 17.2 Å². The average Bonchev–Trinajstić information content (AvgIpc) is 3.47. The first-order valence-corrected chi connectivity index (χ1v) is 17.0. The summed E-state index contributed by atoms with van der Waals surface area (Å²) >= 11 is 0. The lowest BCUT2D eigenvalue weighted by atomic mass is 9.83. The van der Waals surface area contributed by atoms with Gasteiger partial charge >= 0.3 is 6.18 Å². The van der Waals surface area contributed by atoms with Crippen LogP contribution in [0.1, 0.15) is 72.9 Å². The lowest BCUT2D eigenvalue weighted by Crippen LogP contribution is -2.49. The van der Waals surface area contributed by atoms with Crippen LogP contribution in [0.25, 0.3) is 0 Å². The van der Waals surface area contributed by atoms with Gasteiger partial charge < -0.3 is 15.0 Å². The first kappa shape index (κ1) is 33.7. The van der Waals surface area contributed by atoms with Gasteiger partial charge in [0.1, 0.15) is 5.70 Å². The van der Waals surface area contributed by atoms with Gasteiger partial charge in [0, 0.05) is 44.8 Å². The van der Waals surface area contributed by atoms with Gasteiger partial charge in [-0.2, -0.15) is 13.2 Å². The molecule has 254 valence electrons. The van der Waals surface area contributed by atoms with E-state index in [1.165, 1.54) is 48.9 Å². The molecule has 3 unspecified atom stereocenters. The zero-order valence-electron chi connectivity index (χ0n) is 27.7. The quantitative estimate of drug-likeness (QED) is 0.201. The average molecular weight is 660 g/mol. The number of fused-ring (bicyclic) bond motifs is 1. The molecule has 0 spiro atoms. The Labute approximate surface area is 280 Å². The summed E-state index contributed by atoms with van der Waals surface area (Å²) in [6.07, 6.45) is 8.76. The van der Waals surface area contributed by atoms with Crippen molar-refractivity contribution in [2.45, 2.75) is 70.5 Å². The van der Waals surface area contributed by atoms with Gasteiger partial charge in [-0.1, -0.05) is 49.8 Å². The maximum Gasteiger partial charge on any atom is 0.416 e. The van der Waals surface area contributed by atoms with Crippen LogP contribution in [0.5, 0.6) is 5.88 Å². The molecule has 6 rings (SSSR count). The van der Waals surface area contributed by atoms with E-state index in [1.54, 1.807) is 13.3 Å². The Morgan fingerprint density at radius 3 is 2.52 bits per heavy atom. The summed E-state index contributed by atoms with van der Waals surface area (Å²) in [6, 6.07) is 12.0. The van der Waals surface area contributed by atoms with Crippen LogP contribution in [0.2, 0.25) is 0 Å². The lowest BCUT2D eigenvalue weighted by Gasteiger charge is -2.35. The van der Waals surface area contributed by atoms with Crippen molar-refractivity contribution in [3.05, 3.63) is 100 Å². The van der Waals surface area contributed by atoms with E-state index in [-0.39, 0.29) is 5.91 Å². The number of anilines is 1. The zero-order valence-corrected chi connectivity index (χ0v) is 27.7. The molecule has 0 radical (unpaired) electrons. The van der Waals surface area contributed by atoms with Crippen molar-refractivity contribution >= 4 is 11.6 Å². The van der Waals surface area contributed by atoms with E-state index < -0.39 is 11.7 Å². The summed E-state index contributed by atoms with van der Waals surface area (Å²) in [5, 5.41) is 3.38. The van der Waals surface area contributed by atoms with E-state index in [0.717, 1.165) is 41.9 Å². The molecule has 1 amide bonds. The Hall–Kier alpha value is -4.14. The molecule has 3 aromatic rings. The predicted molar refractivity (Wildman–Crippen MR) is 179 cm³/mol. The molecule has 1 saturated heterocycles. The second-order valence-corrected chi connectivity index (χ2v) is 13.4. The fourth-order valence-corrected chi connectivity index (χ4v) is 7.31. The molecular weight excluding hydrogens is 615 g/mol. The number of nitrogens with one attached hydrogen (secondary N) is 1. The molecule has 10 heteroatoms. The van der Waals surface area contributed by atoms with E-state index in [2.05, 4.69) is 51.0 Å². The van der Waals surface area contributed by atoms with E-state index in [4.69, 9.17) is 4.74 Å². The molecule has 2 aliphatic heterocycles. The summed E-state index contributed by atoms with van der Waals surface area (Å²) in [6.45, 7) is 5.29. The van der Waals surface area contributed by atoms with Crippen LogP contribution in [-0.2, 0) is 30.4 Å². The minimum atomic E-state index is -4.34. The van der Waals surface area contributed by atoms with Gasteiger partial charge in [0.25, 0.3) is 5.91 Å². The van der Waals surface area contributed by atoms with Crippen molar-refractivity contribution in [3.63, 3.8) is 0 Å². The molecule has 1 aliphatic carbocycles. The van der Waals surface area contributed by atoms with Crippen LogP contribution in [-0.4, -0.2) is 59.0 Å². The van der Waals surface area contributed by atoms with Gasteiger partial charge in [-0.25, -0.2) is 4.98 Å². The third kappa shape index (κ3) is 8.28. The van der Waals surface area contributed by atoms with E-state index in [9.17, 15) is 18.0 Å². The maximum absolute atomic E-state index is 13.5. The summed E-state index contributed by atoms with van der Waals surface area (Å²) < 4.78 is 43.8. The number of ether oxygens (including phenoxy) is 1. The number of rotatable bonds is 8. The van der Waals surface area contributed by atoms with E-state index in [0.29, 0.717) is 68.5 Å². The monoisotopic (exact) mass is 659 g/mol. The third-order valence-electron chi connectivity index (χ3n) is 10.2. The molecule has 3 heterocycles.